The first-order chi connectivity index (χ1) is 6.70. The SMILES string of the molecule is Cc1ccccc1C1=C(O)CCC1=O. The second kappa shape index (κ2) is 3.29. The van der Waals surface area contributed by atoms with Crippen molar-refractivity contribution in [3.8, 4) is 0 Å². The lowest BCUT2D eigenvalue weighted by Crippen LogP contribution is -1.97. The zero-order chi connectivity index (χ0) is 10.1. The number of aliphatic hydroxyl groups excluding tert-OH is 1. The quantitative estimate of drug-likeness (QED) is 0.735. The van der Waals surface area contributed by atoms with Crippen LogP contribution in [0.25, 0.3) is 5.57 Å². The van der Waals surface area contributed by atoms with Gasteiger partial charge in [-0.15, -0.1) is 0 Å². The summed E-state index contributed by atoms with van der Waals surface area (Å²) in [7, 11) is 0. The molecule has 0 amide bonds. The zero-order valence-electron chi connectivity index (χ0n) is 8.08. The lowest BCUT2D eigenvalue weighted by Gasteiger charge is -2.05. The van der Waals surface area contributed by atoms with E-state index in [1.165, 1.54) is 0 Å². The molecule has 0 aromatic heterocycles. The van der Waals surface area contributed by atoms with E-state index in [2.05, 4.69) is 0 Å². The van der Waals surface area contributed by atoms with Crippen molar-refractivity contribution in [2.24, 2.45) is 0 Å². The molecule has 1 N–H and O–H groups in total. The number of aryl methyl sites for hydroxylation is 1. The van der Waals surface area contributed by atoms with Crippen LogP contribution in [0, 0.1) is 6.92 Å². The van der Waals surface area contributed by atoms with Crippen molar-refractivity contribution in [3.63, 3.8) is 0 Å². The summed E-state index contributed by atoms with van der Waals surface area (Å²) in [6.45, 7) is 1.95. The van der Waals surface area contributed by atoms with Crippen LogP contribution in [-0.4, -0.2) is 10.9 Å². The predicted molar refractivity (Wildman–Crippen MR) is 55.0 cm³/mol. The highest BCUT2D eigenvalue weighted by Crippen LogP contribution is 2.30. The lowest BCUT2D eigenvalue weighted by atomic mass is 9.99. The highest BCUT2D eigenvalue weighted by Gasteiger charge is 2.24. The summed E-state index contributed by atoms with van der Waals surface area (Å²) in [5.74, 6) is 0.293. The largest absolute Gasteiger partial charge is 0.512 e. The van der Waals surface area contributed by atoms with Crippen LogP contribution in [0.3, 0.4) is 0 Å². The van der Waals surface area contributed by atoms with Gasteiger partial charge in [0.1, 0.15) is 5.76 Å². The molecule has 0 saturated heterocycles. The van der Waals surface area contributed by atoms with Crippen molar-refractivity contribution < 1.29 is 9.90 Å². The summed E-state index contributed by atoms with van der Waals surface area (Å²) in [6.07, 6.45) is 0.929. The van der Waals surface area contributed by atoms with Crippen LogP contribution < -0.4 is 0 Å². The van der Waals surface area contributed by atoms with Crippen molar-refractivity contribution in [2.45, 2.75) is 19.8 Å². The fourth-order valence-electron chi connectivity index (χ4n) is 1.80. The van der Waals surface area contributed by atoms with Gasteiger partial charge in [0.25, 0.3) is 0 Å². The van der Waals surface area contributed by atoms with Gasteiger partial charge in [-0.05, 0) is 18.1 Å². The summed E-state index contributed by atoms with van der Waals surface area (Å²) < 4.78 is 0. The van der Waals surface area contributed by atoms with E-state index in [1.807, 2.05) is 31.2 Å². The Morgan fingerprint density at radius 2 is 1.93 bits per heavy atom. The van der Waals surface area contributed by atoms with Crippen molar-refractivity contribution in [1.82, 2.24) is 0 Å². The van der Waals surface area contributed by atoms with Gasteiger partial charge in [0, 0.05) is 12.8 Å². The van der Waals surface area contributed by atoms with Gasteiger partial charge in [-0.25, -0.2) is 0 Å². The summed E-state index contributed by atoms with van der Waals surface area (Å²) >= 11 is 0. The molecule has 1 aromatic carbocycles. The molecule has 0 atom stereocenters. The number of allylic oxidation sites excluding steroid dienone is 2. The van der Waals surface area contributed by atoms with Crippen molar-refractivity contribution in [2.75, 3.05) is 0 Å². The maximum Gasteiger partial charge on any atom is 0.167 e. The van der Waals surface area contributed by atoms with E-state index < -0.39 is 0 Å². The summed E-state index contributed by atoms with van der Waals surface area (Å²) in [4.78, 5) is 11.5. The maximum absolute atomic E-state index is 11.5. The molecule has 0 saturated carbocycles. The lowest BCUT2D eigenvalue weighted by molar-refractivity contribution is -0.113. The number of ketones is 1. The number of rotatable bonds is 1. The van der Waals surface area contributed by atoms with Gasteiger partial charge in [0.2, 0.25) is 0 Å². The van der Waals surface area contributed by atoms with Crippen LogP contribution >= 0.6 is 0 Å². The summed E-state index contributed by atoms with van der Waals surface area (Å²) in [5.41, 5.74) is 2.42. The molecule has 0 bridgehead atoms. The van der Waals surface area contributed by atoms with Crippen LogP contribution in [0.1, 0.15) is 24.0 Å². The molecule has 0 aliphatic heterocycles. The number of carbonyl (C=O) groups is 1. The Hall–Kier alpha value is -1.57. The van der Waals surface area contributed by atoms with E-state index >= 15 is 0 Å². The van der Waals surface area contributed by atoms with Crippen LogP contribution in [0.5, 0.6) is 0 Å². The fourth-order valence-corrected chi connectivity index (χ4v) is 1.80. The van der Waals surface area contributed by atoms with E-state index in [4.69, 9.17) is 0 Å². The fraction of sp³-hybridized carbons (Fsp3) is 0.250. The van der Waals surface area contributed by atoms with Gasteiger partial charge in [-0.2, -0.15) is 0 Å². The number of hydrogen-bond donors (Lipinski definition) is 1. The van der Waals surface area contributed by atoms with Gasteiger partial charge in [-0.1, -0.05) is 24.3 Å². The third-order valence-corrected chi connectivity index (χ3v) is 2.57. The van der Waals surface area contributed by atoms with E-state index in [9.17, 15) is 9.90 Å². The Morgan fingerprint density at radius 1 is 1.21 bits per heavy atom. The normalized spacial score (nSPS) is 16.5. The minimum atomic E-state index is 0.0526. The molecule has 1 aromatic rings. The van der Waals surface area contributed by atoms with Gasteiger partial charge >= 0.3 is 0 Å². The summed E-state index contributed by atoms with van der Waals surface area (Å²) in [6, 6.07) is 7.63. The minimum Gasteiger partial charge on any atom is -0.512 e. The van der Waals surface area contributed by atoms with Crippen molar-refractivity contribution >= 4 is 11.4 Å². The molecule has 0 fully saturated rings. The van der Waals surface area contributed by atoms with E-state index in [0.717, 1.165) is 11.1 Å². The summed E-state index contributed by atoms with van der Waals surface area (Å²) in [5, 5.41) is 9.60. The second-order valence-electron chi connectivity index (χ2n) is 3.56. The third-order valence-electron chi connectivity index (χ3n) is 2.57. The first-order valence-corrected chi connectivity index (χ1v) is 4.71. The zero-order valence-corrected chi connectivity index (χ0v) is 8.08. The van der Waals surface area contributed by atoms with E-state index in [-0.39, 0.29) is 11.5 Å². The van der Waals surface area contributed by atoms with Crippen LogP contribution in [0.4, 0.5) is 0 Å². The molecule has 72 valence electrons. The molecule has 2 heteroatoms. The van der Waals surface area contributed by atoms with Gasteiger partial charge in [0.05, 0.1) is 5.57 Å². The maximum atomic E-state index is 11.5. The topological polar surface area (TPSA) is 37.3 Å². The molecule has 2 rings (SSSR count). The Balaban J connectivity index is 2.55. The Bertz CT molecular complexity index is 416. The first-order valence-electron chi connectivity index (χ1n) is 4.71. The van der Waals surface area contributed by atoms with E-state index in [0.29, 0.717) is 18.4 Å². The molecule has 1 aliphatic rings. The monoisotopic (exact) mass is 188 g/mol. The first kappa shape index (κ1) is 9.00. The highest BCUT2D eigenvalue weighted by molar-refractivity contribution is 6.23. The molecular weight excluding hydrogens is 176 g/mol. The van der Waals surface area contributed by atoms with Crippen molar-refractivity contribution in [3.05, 3.63) is 41.2 Å². The van der Waals surface area contributed by atoms with Crippen LogP contribution in [0.2, 0.25) is 0 Å². The molecular formula is C12H12O2. The van der Waals surface area contributed by atoms with Gasteiger partial charge < -0.3 is 5.11 Å². The number of carbonyl (C=O) groups excluding carboxylic acids is 1. The second-order valence-corrected chi connectivity index (χ2v) is 3.56. The number of aliphatic hydroxyl groups is 1. The Labute approximate surface area is 82.9 Å². The van der Waals surface area contributed by atoms with Crippen LogP contribution in [-0.2, 0) is 4.79 Å². The molecule has 0 unspecified atom stereocenters. The average molecular weight is 188 g/mol. The smallest absolute Gasteiger partial charge is 0.167 e. The third kappa shape index (κ3) is 1.33. The molecule has 0 radical (unpaired) electrons. The molecule has 0 heterocycles. The highest BCUT2D eigenvalue weighted by atomic mass is 16.3. The minimum absolute atomic E-state index is 0.0526. The van der Waals surface area contributed by atoms with Gasteiger partial charge in [0.15, 0.2) is 5.78 Å². The average Bonchev–Trinajstić information content (AvgIpc) is 2.48. The molecule has 1 aliphatic carbocycles. The molecule has 14 heavy (non-hydrogen) atoms. The van der Waals surface area contributed by atoms with Crippen LogP contribution in [0.15, 0.2) is 30.0 Å². The standard InChI is InChI=1S/C12H12O2/c1-8-4-2-3-5-9(8)12-10(13)6-7-11(12)14/h2-5,13H,6-7H2,1H3. The predicted octanol–water partition coefficient (Wildman–Crippen LogP) is 2.63. The Kier molecular flexibility index (Phi) is 2.12. The van der Waals surface area contributed by atoms with E-state index in [1.54, 1.807) is 0 Å². The van der Waals surface area contributed by atoms with Gasteiger partial charge in [-0.3, -0.25) is 4.79 Å². The molecule has 0 spiro atoms. The number of Topliss-reactive ketones (excluding diaryl/α,β-unsaturated/α-hetero) is 1. The molecule has 2 nitrogen and oxygen atoms in total. The van der Waals surface area contributed by atoms with Crippen molar-refractivity contribution in [1.29, 1.82) is 0 Å². The number of benzene rings is 1. The Morgan fingerprint density at radius 3 is 2.50 bits per heavy atom. The number of hydrogen-bond acceptors (Lipinski definition) is 2.